The molecule has 2 aliphatic heterocycles. The van der Waals surface area contributed by atoms with Gasteiger partial charge in [0.15, 0.2) is 0 Å². The first-order valence-corrected chi connectivity index (χ1v) is 12.9. The number of carbonyl (C=O) groups is 5. The molecule has 5 amide bonds. The van der Waals surface area contributed by atoms with Gasteiger partial charge in [0.2, 0.25) is 29.5 Å². The van der Waals surface area contributed by atoms with Gasteiger partial charge in [-0.2, -0.15) is 0 Å². The van der Waals surface area contributed by atoms with Crippen LogP contribution in [0.3, 0.4) is 0 Å². The summed E-state index contributed by atoms with van der Waals surface area (Å²) in [6.07, 6.45) is 3.60. The van der Waals surface area contributed by atoms with Gasteiger partial charge in [-0.05, 0) is 44.1 Å². The summed E-state index contributed by atoms with van der Waals surface area (Å²) in [7, 11) is 0. The predicted molar refractivity (Wildman–Crippen MR) is 145 cm³/mol. The topological polar surface area (TPSA) is 182 Å². The van der Waals surface area contributed by atoms with E-state index in [-0.39, 0.29) is 49.7 Å². The van der Waals surface area contributed by atoms with Gasteiger partial charge in [0, 0.05) is 32.5 Å². The number of nitrogens with two attached hydrogens (primary N) is 3. The predicted octanol–water partition coefficient (Wildman–Crippen LogP) is 0.720. The zero-order valence-corrected chi connectivity index (χ0v) is 21.7. The first-order chi connectivity index (χ1) is 16.1. The van der Waals surface area contributed by atoms with Gasteiger partial charge in [0.05, 0.1) is 5.33 Å². The van der Waals surface area contributed by atoms with Crippen molar-refractivity contribution in [1.82, 2.24) is 15.1 Å². The number of carbonyl (C=O) groups excluding carboxylic acids is 5. The molecule has 0 saturated carbocycles. The first-order valence-electron chi connectivity index (χ1n) is 11.8. The second-order valence-corrected chi connectivity index (χ2v) is 9.30. The summed E-state index contributed by atoms with van der Waals surface area (Å²) in [5.41, 5.74) is 16.0. The molecular weight excluding hydrogens is 532 g/mol. The van der Waals surface area contributed by atoms with Crippen LogP contribution in [0.1, 0.15) is 67.2 Å². The second kappa shape index (κ2) is 18.1. The van der Waals surface area contributed by atoms with Gasteiger partial charge < -0.3 is 32.3 Å². The smallest absolute Gasteiger partial charge is 0.240 e. The molecule has 2 aliphatic rings. The molecule has 2 heterocycles. The third kappa shape index (κ3) is 10.8. The van der Waals surface area contributed by atoms with Crippen LogP contribution in [-0.2, 0) is 24.0 Å². The van der Waals surface area contributed by atoms with E-state index < -0.39 is 23.9 Å². The summed E-state index contributed by atoms with van der Waals surface area (Å²) in [4.78, 5) is 60.1. The minimum absolute atomic E-state index is 0. The summed E-state index contributed by atoms with van der Waals surface area (Å²) in [6.45, 7) is 6.00. The van der Waals surface area contributed by atoms with Crippen LogP contribution in [0.25, 0.3) is 0 Å². The summed E-state index contributed by atoms with van der Waals surface area (Å²) < 4.78 is 0. The van der Waals surface area contributed by atoms with Gasteiger partial charge in [-0.1, -0.05) is 44.6 Å². The molecule has 210 valence electrons. The summed E-state index contributed by atoms with van der Waals surface area (Å²) in [5, 5.41) is 3.03. The fourth-order valence-electron chi connectivity index (χ4n) is 4.46. The first kappa shape index (κ1) is 35.9. The van der Waals surface area contributed by atoms with Crippen molar-refractivity contribution in [3.8, 4) is 0 Å². The number of rotatable bonds is 12. The van der Waals surface area contributed by atoms with Crippen LogP contribution in [0, 0.1) is 11.8 Å². The fourth-order valence-corrected chi connectivity index (χ4v) is 4.65. The second-order valence-electron chi connectivity index (χ2n) is 8.73. The van der Waals surface area contributed by atoms with E-state index >= 15 is 0 Å². The summed E-state index contributed by atoms with van der Waals surface area (Å²) in [5.74, 6) is -0.470. The van der Waals surface area contributed by atoms with Crippen LogP contribution in [0.5, 0.6) is 0 Å². The van der Waals surface area contributed by atoms with Gasteiger partial charge in [-0.3, -0.25) is 24.0 Å². The molecule has 2 fully saturated rings. The monoisotopic (exact) mass is 578 g/mol. The fraction of sp³-hybridized carbons (Fsp3) is 0.792. The molecule has 2 saturated heterocycles. The summed E-state index contributed by atoms with van der Waals surface area (Å²) >= 11 is 3.07. The minimum atomic E-state index is -0.505. The van der Waals surface area contributed by atoms with Crippen molar-refractivity contribution >= 4 is 45.5 Å². The number of hydrogen-bond donors (Lipinski definition) is 4. The Morgan fingerprint density at radius 3 is 1.67 bits per heavy atom. The molecule has 0 aromatic heterocycles. The minimum Gasteiger partial charge on any atom is -0.368 e. The highest BCUT2D eigenvalue weighted by Crippen LogP contribution is 2.24. The summed E-state index contributed by atoms with van der Waals surface area (Å²) in [6, 6.07) is -0.949. The molecule has 12 heteroatoms. The van der Waals surface area contributed by atoms with Crippen molar-refractivity contribution in [2.75, 3.05) is 31.5 Å². The van der Waals surface area contributed by atoms with E-state index in [0.29, 0.717) is 51.9 Å². The van der Waals surface area contributed by atoms with Crippen LogP contribution in [0.4, 0.5) is 0 Å². The standard InChI is InChI=1S/C12H20BrN3O3.C10H19N3O2.2CH4/c1-2-9(12(14)19)16-7-8(5-11(16)18)3-4-15-10(17)6-13;1-2-8(10(12)15)13-6-7(3-4-11)5-9(13)14;;/h8-9H,2-7H2,1H3,(H2,14,19)(H,15,17);7-8H,2-6,11H2,1H3,(H2,12,15);2*1H4/t8?,9-;7?,8-;;/m00../s1. The van der Waals surface area contributed by atoms with Crippen LogP contribution in [0.15, 0.2) is 0 Å². The average molecular weight is 580 g/mol. The lowest BCUT2D eigenvalue weighted by Crippen LogP contribution is -2.45. The van der Waals surface area contributed by atoms with E-state index in [1.165, 1.54) is 0 Å². The highest BCUT2D eigenvalue weighted by Gasteiger charge is 2.36. The molecule has 7 N–H and O–H groups in total. The Bertz CT molecular complexity index is 738. The van der Waals surface area contributed by atoms with Crippen LogP contribution in [-0.4, -0.2) is 82.9 Å². The lowest BCUT2D eigenvalue weighted by Gasteiger charge is -2.24. The van der Waals surface area contributed by atoms with E-state index in [0.717, 1.165) is 12.8 Å². The van der Waals surface area contributed by atoms with Gasteiger partial charge in [0.25, 0.3) is 0 Å². The number of nitrogens with one attached hydrogen (secondary N) is 1. The average Bonchev–Trinajstić information content (AvgIpc) is 3.31. The van der Waals surface area contributed by atoms with E-state index in [2.05, 4.69) is 21.2 Å². The molecule has 0 spiro atoms. The molecular formula is C24H47BrN6O5. The SMILES string of the molecule is C.C.CC[C@@H](C(N)=O)N1CC(CCN)CC1=O.CC[C@@H](C(N)=O)N1CC(CCNC(=O)CBr)CC1=O. The van der Waals surface area contributed by atoms with Crippen molar-refractivity contribution in [2.24, 2.45) is 29.0 Å². The van der Waals surface area contributed by atoms with Gasteiger partial charge in [-0.25, -0.2) is 0 Å². The number of nitrogens with zero attached hydrogens (tertiary/aromatic N) is 2. The maximum Gasteiger partial charge on any atom is 0.240 e. The third-order valence-electron chi connectivity index (χ3n) is 6.23. The molecule has 4 atom stereocenters. The van der Waals surface area contributed by atoms with E-state index in [9.17, 15) is 24.0 Å². The van der Waals surface area contributed by atoms with Gasteiger partial charge >= 0.3 is 0 Å². The Labute approximate surface area is 224 Å². The van der Waals surface area contributed by atoms with Gasteiger partial charge in [0.1, 0.15) is 12.1 Å². The maximum atomic E-state index is 11.9. The van der Waals surface area contributed by atoms with Crippen molar-refractivity contribution in [1.29, 1.82) is 0 Å². The lowest BCUT2D eigenvalue weighted by atomic mass is 10.1. The van der Waals surface area contributed by atoms with Gasteiger partial charge in [-0.15, -0.1) is 0 Å². The van der Waals surface area contributed by atoms with Crippen LogP contribution < -0.4 is 22.5 Å². The number of primary amides is 2. The molecule has 36 heavy (non-hydrogen) atoms. The van der Waals surface area contributed by atoms with Crippen molar-refractivity contribution < 1.29 is 24.0 Å². The molecule has 2 unspecified atom stereocenters. The normalized spacial score (nSPS) is 20.4. The van der Waals surface area contributed by atoms with Crippen LogP contribution >= 0.6 is 15.9 Å². The van der Waals surface area contributed by atoms with E-state index in [1.54, 1.807) is 9.80 Å². The number of amides is 5. The largest absolute Gasteiger partial charge is 0.368 e. The maximum absolute atomic E-state index is 11.9. The molecule has 11 nitrogen and oxygen atoms in total. The highest BCUT2D eigenvalue weighted by molar-refractivity contribution is 9.09. The molecule has 0 radical (unpaired) electrons. The quantitative estimate of drug-likeness (QED) is 0.247. The number of halogens is 1. The third-order valence-corrected chi connectivity index (χ3v) is 6.74. The van der Waals surface area contributed by atoms with E-state index in [1.807, 2.05) is 13.8 Å². The molecule has 0 aliphatic carbocycles. The number of hydrogen-bond acceptors (Lipinski definition) is 6. The Kier molecular flexibility index (Phi) is 18.1. The molecule has 0 bridgehead atoms. The molecule has 0 aromatic carbocycles. The Balaban J connectivity index is 0. The van der Waals surface area contributed by atoms with Crippen LogP contribution in [0.2, 0.25) is 0 Å². The molecule has 0 aromatic rings. The zero-order chi connectivity index (χ0) is 25.8. The van der Waals surface area contributed by atoms with E-state index in [4.69, 9.17) is 17.2 Å². The number of alkyl halides is 1. The van der Waals surface area contributed by atoms with Crippen molar-refractivity contribution in [3.63, 3.8) is 0 Å². The number of likely N-dealkylation sites (tertiary alicyclic amines) is 2. The molecule has 2 rings (SSSR count). The Morgan fingerprint density at radius 1 is 0.917 bits per heavy atom. The van der Waals surface area contributed by atoms with Crippen molar-refractivity contribution in [3.05, 3.63) is 0 Å². The van der Waals surface area contributed by atoms with Crippen molar-refractivity contribution in [2.45, 2.75) is 79.3 Å². The highest BCUT2D eigenvalue weighted by atomic mass is 79.9. The Hall–Kier alpha value is -2.21. The zero-order valence-electron chi connectivity index (χ0n) is 20.1. The lowest BCUT2D eigenvalue weighted by molar-refractivity contribution is -0.136. The Morgan fingerprint density at radius 2 is 1.33 bits per heavy atom.